The monoisotopic (exact) mass is 447 g/mol. The number of ketones is 1. The highest BCUT2D eigenvalue weighted by molar-refractivity contribution is 5.84. The molecule has 2 N–H and O–H groups in total. The Morgan fingerprint density at radius 3 is 2.55 bits per heavy atom. The molecule has 168 valence electrons. The number of fused-ring (bicyclic) bond motifs is 1. The molecule has 0 saturated heterocycles. The number of Topliss-reactive ketones (excluding diaryl/α,β-unsaturated/α-hetero) is 1. The lowest BCUT2D eigenvalue weighted by Crippen LogP contribution is -2.29. The second kappa shape index (κ2) is 9.67. The summed E-state index contributed by atoms with van der Waals surface area (Å²) >= 11 is 0. The van der Waals surface area contributed by atoms with Crippen LogP contribution in [0, 0.1) is 5.82 Å². The van der Waals surface area contributed by atoms with Crippen molar-refractivity contribution in [1.29, 1.82) is 0 Å². The minimum Gasteiger partial charge on any atom is -0.508 e. The molecule has 0 aliphatic rings. The number of phenolic OH excluding ortho intramolecular Hbond substituents is 1. The number of phenols is 1. The van der Waals surface area contributed by atoms with Gasteiger partial charge in [-0.3, -0.25) is 9.59 Å². The van der Waals surface area contributed by atoms with Crippen LogP contribution in [0.3, 0.4) is 0 Å². The minimum absolute atomic E-state index is 0.0944. The van der Waals surface area contributed by atoms with E-state index in [2.05, 4.69) is 5.32 Å². The van der Waals surface area contributed by atoms with Gasteiger partial charge in [-0.1, -0.05) is 24.3 Å². The maximum atomic E-state index is 13.0. The lowest BCUT2D eigenvalue weighted by atomic mass is 10.1. The van der Waals surface area contributed by atoms with Crippen LogP contribution in [0.1, 0.15) is 18.5 Å². The van der Waals surface area contributed by atoms with Crippen LogP contribution in [-0.4, -0.2) is 24.0 Å². The first-order valence-electron chi connectivity index (χ1n) is 10.4. The number of hydrogen-bond donors (Lipinski definition) is 2. The van der Waals surface area contributed by atoms with Crippen molar-refractivity contribution in [3.05, 3.63) is 94.6 Å². The van der Waals surface area contributed by atoms with Crippen molar-refractivity contribution in [2.75, 3.05) is 13.2 Å². The van der Waals surface area contributed by atoms with Crippen molar-refractivity contribution in [1.82, 2.24) is 5.32 Å². The van der Waals surface area contributed by atoms with Gasteiger partial charge in [0.05, 0.1) is 17.5 Å². The molecular weight excluding hydrogens is 425 g/mol. The van der Waals surface area contributed by atoms with E-state index in [1.54, 1.807) is 42.5 Å². The Morgan fingerprint density at radius 2 is 1.82 bits per heavy atom. The molecule has 0 spiro atoms. The minimum atomic E-state index is -0.307. The first-order chi connectivity index (χ1) is 15.9. The zero-order chi connectivity index (χ0) is 23.4. The molecule has 1 aromatic heterocycles. The lowest BCUT2D eigenvalue weighted by molar-refractivity contribution is -0.120. The number of rotatable bonds is 8. The number of benzene rings is 3. The van der Waals surface area contributed by atoms with E-state index >= 15 is 0 Å². The highest BCUT2D eigenvalue weighted by Crippen LogP contribution is 2.24. The lowest BCUT2D eigenvalue weighted by Gasteiger charge is -2.14. The van der Waals surface area contributed by atoms with Crippen LogP contribution in [0.25, 0.3) is 22.1 Å². The molecule has 1 heterocycles. The Bertz CT molecular complexity index is 1330. The fourth-order valence-electron chi connectivity index (χ4n) is 3.39. The standard InChI is InChI=1S/C26H22FNO5/c1-16(17-2-6-19(27)7-3-17)28-13-21(30)14-32-22-10-11-23-25(12-22)33-15-24(26(23)31)18-4-8-20(29)9-5-18/h2-12,15-16,28-29H,13-14H2,1H3/t16-/m1/s1. The summed E-state index contributed by atoms with van der Waals surface area (Å²) in [5.74, 6) is 0.0507. The van der Waals surface area contributed by atoms with E-state index in [0.29, 0.717) is 27.8 Å². The van der Waals surface area contributed by atoms with Gasteiger partial charge in [-0.15, -0.1) is 0 Å². The van der Waals surface area contributed by atoms with E-state index in [-0.39, 0.29) is 42.0 Å². The van der Waals surface area contributed by atoms with Crippen LogP contribution in [0.2, 0.25) is 0 Å². The second-order valence-electron chi connectivity index (χ2n) is 7.66. The van der Waals surface area contributed by atoms with Gasteiger partial charge >= 0.3 is 0 Å². The van der Waals surface area contributed by atoms with E-state index in [0.717, 1.165) is 5.56 Å². The van der Waals surface area contributed by atoms with Crippen LogP contribution in [0.4, 0.5) is 4.39 Å². The summed E-state index contributed by atoms with van der Waals surface area (Å²) in [6.45, 7) is 1.83. The molecule has 7 heteroatoms. The van der Waals surface area contributed by atoms with Crippen molar-refractivity contribution >= 4 is 16.8 Å². The van der Waals surface area contributed by atoms with Crippen LogP contribution < -0.4 is 15.5 Å². The number of hydrogen-bond acceptors (Lipinski definition) is 6. The molecule has 3 aromatic carbocycles. The van der Waals surface area contributed by atoms with Gasteiger partial charge < -0.3 is 19.6 Å². The van der Waals surface area contributed by atoms with Gasteiger partial charge in [0.15, 0.2) is 11.2 Å². The molecule has 4 rings (SSSR count). The molecule has 0 radical (unpaired) electrons. The fraction of sp³-hybridized carbons (Fsp3) is 0.154. The van der Waals surface area contributed by atoms with E-state index in [1.807, 2.05) is 6.92 Å². The molecule has 4 aromatic rings. The summed E-state index contributed by atoms with van der Waals surface area (Å²) in [6, 6.07) is 17.0. The summed E-state index contributed by atoms with van der Waals surface area (Å²) < 4.78 is 24.2. The third-order valence-corrected chi connectivity index (χ3v) is 5.30. The zero-order valence-electron chi connectivity index (χ0n) is 17.9. The Labute approximate surface area is 189 Å². The molecule has 6 nitrogen and oxygen atoms in total. The van der Waals surface area contributed by atoms with Crippen molar-refractivity contribution in [2.24, 2.45) is 0 Å². The molecule has 0 aliphatic heterocycles. The van der Waals surface area contributed by atoms with Crippen molar-refractivity contribution in [2.45, 2.75) is 13.0 Å². The molecule has 1 atom stereocenters. The molecule has 0 aliphatic carbocycles. The number of aromatic hydroxyl groups is 1. The number of nitrogens with one attached hydrogen (secondary N) is 1. The maximum absolute atomic E-state index is 13.0. The van der Waals surface area contributed by atoms with E-state index in [4.69, 9.17) is 9.15 Å². The normalized spacial score (nSPS) is 11.9. The first kappa shape index (κ1) is 22.2. The van der Waals surface area contributed by atoms with Crippen LogP contribution in [0.5, 0.6) is 11.5 Å². The largest absolute Gasteiger partial charge is 0.508 e. The van der Waals surface area contributed by atoms with Crippen LogP contribution in [-0.2, 0) is 4.79 Å². The predicted molar refractivity (Wildman–Crippen MR) is 123 cm³/mol. The summed E-state index contributed by atoms with van der Waals surface area (Å²) in [7, 11) is 0. The predicted octanol–water partition coefficient (Wildman–Crippen LogP) is 4.60. The van der Waals surface area contributed by atoms with Crippen molar-refractivity contribution in [3.63, 3.8) is 0 Å². The number of ether oxygens (including phenoxy) is 1. The van der Waals surface area contributed by atoms with Crippen molar-refractivity contribution < 1.29 is 23.4 Å². The quantitative estimate of drug-likeness (QED) is 0.410. The topological polar surface area (TPSA) is 88.8 Å². The van der Waals surface area contributed by atoms with Gasteiger partial charge in [0.2, 0.25) is 0 Å². The maximum Gasteiger partial charge on any atom is 0.200 e. The second-order valence-corrected chi connectivity index (χ2v) is 7.66. The Balaban J connectivity index is 1.38. The van der Waals surface area contributed by atoms with E-state index in [9.17, 15) is 19.1 Å². The molecule has 0 unspecified atom stereocenters. The fourth-order valence-corrected chi connectivity index (χ4v) is 3.39. The molecular formula is C26H22FNO5. The van der Waals surface area contributed by atoms with Crippen molar-refractivity contribution in [3.8, 4) is 22.6 Å². The highest BCUT2D eigenvalue weighted by Gasteiger charge is 2.12. The van der Waals surface area contributed by atoms with Gasteiger partial charge in [-0.25, -0.2) is 4.39 Å². The molecule has 0 saturated carbocycles. The Hall–Kier alpha value is -3.97. The van der Waals surface area contributed by atoms with Gasteiger partial charge in [0.25, 0.3) is 0 Å². The van der Waals surface area contributed by atoms with E-state index in [1.165, 1.54) is 30.5 Å². The highest BCUT2D eigenvalue weighted by atomic mass is 19.1. The summed E-state index contributed by atoms with van der Waals surface area (Å²) in [5, 5.41) is 12.9. The number of carbonyl (C=O) groups is 1. The van der Waals surface area contributed by atoms with Gasteiger partial charge in [0, 0.05) is 12.1 Å². The summed E-state index contributed by atoms with van der Waals surface area (Å²) in [4.78, 5) is 25.0. The first-order valence-corrected chi connectivity index (χ1v) is 10.4. The molecule has 0 fully saturated rings. The third kappa shape index (κ3) is 5.27. The summed E-state index contributed by atoms with van der Waals surface area (Å²) in [6.07, 6.45) is 1.37. The van der Waals surface area contributed by atoms with Crippen LogP contribution >= 0.6 is 0 Å². The molecule has 33 heavy (non-hydrogen) atoms. The summed E-state index contributed by atoms with van der Waals surface area (Å²) in [5.41, 5.74) is 2.03. The van der Waals surface area contributed by atoms with Gasteiger partial charge in [-0.05, 0) is 54.4 Å². The average molecular weight is 447 g/mol. The number of halogens is 1. The van der Waals surface area contributed by atoms with E-state index < -0.39 is 0 Å². The number of carbonyl (C=O) groups excluding carboxylic acids is 1. The van der Waals surface area contributed by atoms with Gasteiger partial charge in [0.1, 0.15) is 35.8 Å². The van der Waals surface area contributed by atoms with Crippen LogP contribution in [0.15, 0.2) is 82.2 Å². The Kier molecular flexibility index (Phi) is 6.51. The third-order valence-electron chi connectivity index (χ3n) is 5.30. The molecule has 0 amide bonds. The smallest absolute Gasteiger partial charge is 0.200 e. The SMILES string of the molecule is C[C@@H](NCC(=O)COc1ccc2c(=O)c(-c3ccc(O)cc3)coc2c1)c1ccc(F)cc1. The van der Waals surface area contributed by atoms with Gasteiger partial charge in [-0.2, -0.15) is 0 Å². The average Bonchev–Trinajstić information content (AvgIpc) is 2.82. The Morgan fingerprint density at radius 1 is 1.09 bits per heavy atom. The zero-order valence-corrected chi connectivity index (χ0v) is 17.9. The molecule has 0 bridgehead atoms.